The summed E-state index contributed by atoms with van der Waals surface area (Å²) in [6.07, 6.45) is 0. The molecule has 0 aliphatic rings. The SMILES string of the molecule is O=S(O)O.O=S(O)O.O=S([O-])O.S.[Na+]. The van der Waals surface area contributed by atoms with E-state index in [1.165, 1.54) is 0 Å². The van der Waals surface area contributed by atoms with Crippen LogP contribution in [0, 0.1) is 0 Å². The van der Waals surface area contributed by atoms with Crippen LogP contribution in [0.2, 0.25) is 0 Å². The minimum atomic E-state index is -2.86. The van der Waals surface area contributed by atoms with Crippen molar-refractivity contribution in [2.75, 3.05) is 0 Å². The van der Waals surface area contributed by atoms with Crippen LogP contribution in [0.3, 0.4) is 0 Å². The van der Waals surface area contributed by atoms with Crippen LogP contribution in [0.1, 0.15) is 0 Å². The molecule has 0 fully saturated rings. The maximum absolute atomic E-state index is 8.67. The third-order valence-electron chi connectivity index (χ3n) is 0. The molecule has 0 amide bonds. The van der Waals surface area contributed by atoms with Gasteiger partial charge in [-0.25, -0.2) is 4.21 Å². The summed E-state index contributed by atoms with van der Waals surface area (Å²) in [4.78, 5) is 0. The molecule has 0 heterocycles. The van der Waals surface area contributed by atoms with E-state index in [9.17, 15) is 0 Å². The van der Waals surface area contributed by atoms with Crippen LogP contribution >= 0.6 is 13.5 Å². The Balaban J connectivity index is -0.0000000270. The third kappa shape index (κ3) is 879. The summed E-state index contributed by atoms with van der Waals surface area (Å²) in [5.41, 5.74) is 0. The van der Waals surface area contributed by atoms with Crippen LogP contribution < -0.4 is 29.6 Å². The van der Waals surface area contributed by atoms with E-state index in [1.54, 1.807) is 0 Å². The summed E-state index contributed by atoms with van der Waals surface area (Å²) < 4.78 is 69.8. The Labute approximate surface area is 116 Å². The minimum absolute atomic E-state index is 0. The van der Waals surface area contributed by atoms with E-state index in [4.69, 9.17) is 39.9 Å². The van der Waals surface area contributed by atoms with E-state index in [1.807, 2.05) is 0 Å². The van der Waals surface area contributed by atoms with Crippen molar-refractivity contribution < 1.29 is 69.5 Å². The van der Waals surface area contributed by atoms with Gasteiger partial charge in [0.15, 0.2) is 0 Å². The summed E-state index contributed by atoms with van der Waals surface area (Å²) in [5, 5.41) is 0. The molecule has 0 aromatic heterocycles. The van der Waals surface area contributed by atoms with Crippen molar-refractivity contribution in [1.29, 1.82) is 0 Å². The molecule has 5 N–H and O–H groups in total. The second kappa shape index (κ2) is 24.0. The van der Waals surface area contributed by atoms with Crippen molar-refractivity contribution in [2.45, 2.75) is 0 Å². The van der Waals surface area contributed by atoms with E-state index in [2.05, 4.69) is 0 Å². The molecule has 0 rings (SSSR count). The van der Waals surface area contributed by atoms with Crippen LogP contribution in [0.5, 0.6) is 0 Å². The molecule has 0 bridgehead atoms. The number of rotatable bonds is 0. The fourth-order valence-electron chi connectivity index (χ4n) is 0. The first-order valence-electron chi connectivity index (χ1n) is 1.58. The van der Waals surface area contributed by atoms with Gasteiger partial charge in [0.1, 0.15) is 0 Å². The summed E-state index contributed by atoms with van der Waals surface area (Å²) in [7, 11) is 0. The van der Waals surface area contributed by atoms with Gasteiger partial charge in [0.25, 0.3) is 22.7 Å². The average molecular weight is 302 g/mol. The van der Waals surface area contributed by atoms with Gasteiger partial charge in [-0.2, -0.15) is 21.9 Å². The molecule has 9 nitrogen and oxygen atoms in total. The zero-order valence-corrected chi connectivity index (χ0v) is 12.0. The maximum atomic E-state index is 8.67. The molecule has 86 valence electrons. The Bertz CT molecular complexity index is 114. The van der Waals surface area contributed by atoms with Gasteiger partial charge in [-0.1, -0.05) is 0 Å². The van der Waals surface area contributed by atoms with Gasteiger partial charge in [0, 0.05) is 0 Å². The summed E-state index contributed by atoms with van der Waals surface area (Å²) in [6, 6.07) is 0. The van der Waals surface area contributed by atoms with Crippen LogP contribution in [-0.2, 0) is 34.1 Å². The predicted molar refractivity (Wildman–Crippen MR) is 48.7 cm³/mol. The van der Waals surface area contributed by atoms with Gasteiger partial charge in [0.05, 0.1) is 11.4 Å². The zero-order valence-electron chi connectivity index (χ0n) is 6.59. The second-order valence-electron chi connectivity index (χ2n) is 0.679. The van der Waals surface area contributed by atoms with Crippen LogP contribution in [0.25, 0.3) is 0 Å². The first kappa shape index (κ1) is 29.6. The first-order chi connectivity index (χ1) is 5.20. The van der Waals surface area contributed by atoms with Gasteiger partial charge < -0.3 is 9.11 Å². The molecule has 0 aliphatic heterocycles. The maximum Gasteiger partial charge on any atom is 1.00 e. The predicted octanol–water partition coefficient (Wildman–Crippen LogP) is -4.18. The van der Waals surface area contributed by atoms with Gasteiger partial charge >= 0.3 is 29.6 Å². The number of hydrogen-bond acceptors (Lipinski definition) is 4. The van der Waals surface area contributed by atoms with Crippen molar-refractivity contribution in [2.24, 2.45) is 0 Å². The topological polar surface area (TPSA) is 175 Å². The van der Waals surface area contributed by atoms with Crippen molar-refractivity contribution in [3.05, 3.63) is 0 Å². The largest absolute Gasteiger partial charge is 1.00 e. The molecular weight excluding hydrogens is 295 g/mol. The van der Waals surface area contributed by atoms with Gasteiger partial charge in [0.2, 0.25) is 0 Å². The summed E-state index contributed by atoms with van der Waals surface area (Å²) >= 11 is -8.08. The molecule has 0 aromatic rings. The molecule has 1 atom stereocenters. The molecule has 0 aliphatic carbocycles. The van der Waals surface area contributed by atoms with Crippen molar-refractivity contribution >= 4 is 47.6 Å². The van der Waals surface area contributed by atoms with E-state index in [0.29, 0.717) is 0 Å². The molecule has 0 saturated heterocycles. The summed E-state index contributed by atoms with van der Waals surface area (Å²) in [6.45, 7) is 0. The van der Waals surface area contributed by atoms with Crippen LogP contribution in [0.4, 0.5) is 0 Å². The Hall–Kier alpha value is 1.56. The van der Waals surface area contributed by atoms with E-state index in [0.717, 1.165) is 0 Å². The van der Waals surface area contributed by atoms with Crippen molar-refractivity contribution in [1.82, 2.24) is 0 Å². The molecule has 14 heteroatoms. The monoisotopic (exact) mass is 302 g/mol. The van der Waals surface area contributed by atoms with Gasteiger partial charge in [-0.15, -0.1) is 0 Å². The standard InChI is InChI=1S/Na.3H2O3S.H2S/c;3*1-4(2)3;/h;3*(H2,1,2,3);1H2/q+1;;;;/p-1. The van der Waals surface area contributed by atoms with Gasteiger partial charge in [-0.05, 0) is 0 Å². The molecule has 14 heavy (non-hydrogen) atoms. The number of hydrogen-bond donors (Lipinski definition) is 5. The molecule has 0 spiro atoms. The third-order valence-corrected chi connectivity index (χ3v) is 0. The van der Waals surface area contributed by atoms with Crippen molar-refractivity contribution in [3.63, 3.8) is 0 Å². The van der Waals surface area contributed by atoms with Crippen LogP contribution in [0.15, 0.2) is 0 Å². The molecule has 1 unspecified atom stereocenters. The van der Waals surface area contributed by atoms with Crippen molar-refractivity contribution in [3.8, 4) is 0 Å². The fraction of sp³-hybridized carbons (Fsp3) is 0. The Kier molecular flexibility index (Phi) is 50.7. The minimum Gasteiger partial charge on any atom is -0.750 e. The Morgan fingerprint density at radius 3 is 0.786 bits per heavy atom. The quantitative estimate of drug-likeness (QED) is 0.219. The Morgan fingerprint density at radius 2 is 0.786 bits per heavy atom. The first-order valence-corrected chi connectivity index (χ1v) is 4.74. The van der Waals surface area contributed by atoms with E-state index < -0.39 is 34.1 Å². The van der Waals surface area contributed by atoms with E-state index in [-0.39, 0.29) is 43.1 Å². The zero-order chi connectivity index (χ0) is 10.7. The second-order valence-corrected chi connectivity index (χ2v) is 2.04. The Morgan fingerprint density at radius 1 is 0.786 bits per heavy atom. The van der Waals surface area contributed by atoms with Gasteiger partial charge in [-0.3, -0.25) is 18.2 Å². The normalized spacial score (nSPS) is 9.43. The molecule has 0 radical (unpaired) electrons. The smallest absolute Gasteiger partial charge is 0.750 e. The summed E-state index contributed by atoms with van der Waals surface area (Å²) in [5.74, 6) is 0. The van der Waals surface area contributed by atoms with Crippen LogP contribution in [-0.4, -0.2) is 39.9 Å². The van der Waals surface area contributed by atoms with E-state index >= 15 is 0 Å². The average Bonchev–Trinajstić information content (AvgIpc) is 1.54. The molecular formula is H7NaO9S4. The molecule has 0 saturated carbocycles. The molecule has 0 aromatic carbocycles. The fourth-order valence-corrected chi connectivity index (χ4v) is 0.